The zero-order valence-corrected chi connectivity index (χ0v) is 17.7. The van der Waals surface area contributed by atoms with Crippen LogP contribution in [0.5, 0.6) is 0 Å². The molecule has 0 spiro atoms. The maximum absolute atomic E-state index is 12.7. The van der Waals surface area contributed by atoms with Gasteiger partial charge in [-0.1, -0.05) is 30.3 Å². The fourth-order valence-electron chi connectivity index (χ4n) is 2.00. The van der Waals surface area contributed by atoms with E-state index in [9.17, 15) is 14.1 Å². The molecule has 0 saturated carbocycles. The number of nitrogens with one attached hydrogen (secondary N) is 1. The van der Waals surface area contributed by atoms with Gasteiger partial charge in [-0.2, -0.15) is 0 Å². The Morgan fingerprint density at radius 2 is 1.63 bits per heavy atom. The first-order valence-electron chi connectivity index (χ1n) is 8.55. The highest BCUT2D eigenvalue weighted by Gasteiger charge is 2.40. The lowest BCUT2D eigenvalue weighted by molar-refractivity contribution is -0.154. The SMILES string of the molecule is COC(=O)[C@@H](OC(=O)OC(C)(C)C)[C@H](N[S+]([O-])C(C)(C)C)c1ccccc1. The largest absolute Gasteiger partial charge is 0.598 e. The molecule has 0 radical (unpaired) electrons. The van der Waals surface area contributed by atoms with E-state index in [4.69, 9.17) is 14.2 Å². The first kappa shape index (κ1) is 23.3. The first-order chi connectivity index (χ1) is 12.3. The van der Waals surface area contributed by atoms with Crippen molar-refractivity contribution < 1.29 is 28.4 Å². The molecule has 0 saturated heterocycles. The molecule has 0 bridgehead atoms. The second-order valence-electron chi connectivity index (χ2n) is 7.91. The molecule has 7 nitrogen and oxygen atoms in total. The van der Waals surface area contributed by atoms with E-state index in [2.05, 4.69) is 4.72 Å². The topological polar surface area (TPSA) is 96.9 Å². The Morgan fingerprint density at radius 3 is 2.07 bits per heavy atom. The molecule has 0 aliphatic carbocycles. The van der Waals surface area contributed by atoms with Gasteiger partial charge in [0.2, 0.25) is 6.10 Å². The summed E-state index contributed by atoms with van der Waals surface area (Å²) in [5, 5.41) is 0. The van der Waals surface area contributed by atoms with Gasteiger partial charge in [0, 0.05) is 11.4 Å². The van der Waals surface area contributed by atoms with Gasteiger partial charge < -0.3 is 18.8 Å². The van der Waals surface area contributed by atoms with Crippen LogP contribution in [0.15, 0.2) is 30.3 Å². The number of hydrogen-bond donors (Lipinski definition) is 1. The summed E-state index contributed by atoms with van der Waals surface area (Å²) in [4.78, 5) is 24.5. The third-order valence-corrected chi connectivity index (χ3v) is 4.88. The van der Waals surface area contributed by atoms with Gasteiger partial charge in [0.25, 0.3) is 0 Å². The number of benzene rings is 1. The average Bonchev–Trinajstić information content (AvgIpc) is 2.55. The van der Waals surface area contributed by atoms with E-state index in [1.807, 2.05) is 6.07 Å². The minimum Gasteiger partial charge on any atom is -0.598 e. The van der Waals surface area contributed by atoms with Crippen molar-refractivity contribution in [3.63, 3.8) is 0 Å². The van der Waals surface area contributed by atoms with Crippen LogP contribution in [-0.4, -0.2) is 40.2 Å². The molecule has 1 rings (SSSR count). The summed E-state index contributed by atoms with van der Waals surface area (Å²) < 4.78 is 30.2. The zero-order valence-electron chi connectivity index (χ0n) is 16.9. The van der Waals surface area contributed by atoms with E-state index in [1.165, 1.54) is 7.11 Å². The van der Waals surface area contributed by atoms with Crippen LogP contribution in [0.4, 0.5) is 4.79 Å². The average molecular weight is 400 g/mol. The van der Waals surface area contributed by atoms with E-state index < -0.39 is 46.0 Å². The minimum absolute atomic E-state index is 0.598. The molecule has 1 aromatic rings. The highest BCUT2D eigenvalue weighted by Crippen LogP contribution is 2.26. The molecule has 152 valence electrons. The molecule has 0 amide bonds. The molecule has 27 heavy (non-hydrogen) atoms. The van der Waals surface area contributed by atoms with Crippen LogP contribution >= 0.6 is 0 Å². The maximum Gasteiger partial charge on any atom is 0.509 e. The van der Waals surface area contributed by atoms with E-state index in [0.29, 0.717) is 5.56 Å². The number of methoxy groups -OCH3 is 1. The molecule has 3 atom stereocenters. The summed E-state index contributed by atoms with van der Waals surface area (Å²) in [6, 6.07) is 7.95. The van der Waals surface area contributed by atoms with Crippen LogP contribution in [0.25, 0.3) is 0 Å². The molecule has 1 aromatic carbocycles. The Kier molecular flexibility index (Phi) is 8.13. The molecule has 8 heteroatoms. The number of carbonyl (C=O) groups is 2. The van der Waals surface area contributed by atoms with Crippen LogP contribution in [0.3, 0.4) is 0 Å². The van der Waals surface area contributed by atoms with Gasteiger partial charge in [0.05, 0.1) is 7.11 Å². The van der Waals surface area contributed by atoms with Crippen LogP contribution in [0.1, 0.15) is 53.1 Å². The first-order valence-corrected chi connectivity index (χ1v) is 9.70. The van der Waals surface area contributed by atoms with Gasteiger partial charge >= 0.3 is 12.1 Å². The van der Waals surface area contributed by atoms with Crippen molar-refractivity contribution in [1.82, 2.24) is 4.72 Å². The monoisotopic (exact) mass is 399 g/mol. The standard InChI is InChI=1S/C19H29NO6S/c1-18(2,3)26-17(22)25-15(16(21)24-7)14(13-11-9-8-10-12-13)20-27(23)19(4,5)6/h8-12,14-15,20H,1-7H3/t14-,15+,27?/m1/s1. The summed E-state index contributed by atoms with van der Waals surface area (Å²) in [7, 11) is 1.19. The van der Waals surface area contributed by atoms with E-state index in [-0.39, 0.29) is 0 Å². The Morgan fingerprint density at radius 1 is 1.07 bits per heavy atom. The smallest absolute Gasteiger partial charge is 0.509 e. The van der Waals surface area contributed by atoms with Gasteiger partial charge in [0.1, 0.15) is 16.4 Å². The molecule has 1 N–H and O–H groups in total. The Labute approximate surface area is 164 Å². The van der Waals surface area contributed by atoms with Crippen molar-refractivity contribution in [2.24, 2.45) is 0 Å². The van der Waals surface area contributed by atoms with Gasteiger partial charge in [-0.15, -0.1) is 4.72 Å². The Bertz CT molecular complexity index is 623. The minimum atomic E-state index is -1.53. The van der Waals surface area contributed by atoms with E-state index in [1.54, 1.807) is 65.8 Å². The number of rotatable bonds is 6. The molecule has 0 aliphatic heterocycles. The van der Waals surface area contributed by atoms with Crippen molar-refractivity contribution in [2.75, 3.05) is 7.11 Å². The van der Waals surface area contributed by atoms with Gasteiger partial charge in [-0.05, 0) is 47.1 Å². The molecule has 0 fully saturated rings. The van der Waals surface area contributed by atoms with Gasteiger partial charge in [-0.3, -0.25) is 0 Å². The highest BCUT2D eigenvalue weighted by molar-refractivity contribution is 7.90. The van der Waals surface area contributed by atoms with Crippen molar-refractivity contribution >= 4 is 23.5 Å². The van der Waals surface area contributed by atoms with Gasteiger partial charge in [-0.25, -0.2) is 9.59 Å². The fraction of sp³-hybridized carbons (Fsp3) is 0.579. The van der Waals surface area contributed by atoms with Crippen molar-refractivity contribution in [2.45, 2.75) is 64.0 Å². The predicted molar refractivity (Wildman–Crippen MR) is 103 cm³/mol. The molecule has 1 unspecified atom stereocenters. The van der Waals surface area contributed by atoms with Crippen LogP contribution in [0, 0.1) is 0 Å². The maximum atomic E-state index is 12.7. The lowest BCUT2D eigenvalue weighted by Crippen LogP contribution is -2.48. The summed E-state index contributed by atoms with van der Waals surface area (Å²) in [5.41, 5.74) is -0.171. The molecular formula is C19H29NO6S. The number of esters is 1. The van der Waals surface area contributed by atoms with Gasteiger partial charge in [0.15, 0.2) is 0 Å². The summed E-state index contributed by atoms with van der Waals surface area (Å²) >= 11 is -1.53. The van der Waals surface area contributed by atoms with Crippen molar-refractivity contribution in [3.05, 3.63) is 35.9 Å². The predicted octanol–water partition coefficient (Wildman–Crippen LogP) is 3.27. The molecule has 0 heterocycles. The van der Waals surface area contributed by atoms with E-state index in [0.717, 1.165) is 0 Å². The van der Waals surface area contributed by atoms with Crippen molar-refractivity contribution in [1.29, 1.82) is 0 Å². The van der Waals surface area contributed by atoms with Crippen molar-refractivity contribution in [3.8, 4) is 0 Å². The lowest BCUT2D eigenvalue weighted by Gasteiger charge is -2.31. The third-order valence-electron chi connectivity index (χ3n) is 3.30. The normalized spacial score (nSPS) is 15.4. The lowest BCUT2D eigenvalue weighted by atomic mass is 10.0. The van der Waals surface area contributed by atoms with Crippen LogP contribution in [-0.2, 0) is 30.4 Å². The van der Waals surface area contributed by atoms with E-state index >= 15 is 0 Å². The van der Waals surface area contributed by atoms with Crippen LogP contribution in [0.2, 0.25) is 0 Å². The summed E-state index contributed by atoms with van der Waals surface area (Å²) in [6.07, 6.45) is -2.39. The molecule has 0 aromatic heterocycles. The zero-order chi connectivity index (χ0) is 20.8. The van der Waals surface area contributed by atoms with Crippen LogP contribution < -0.4 is 4.72 Å². The summed E-state index contributed by atoms with van der Waals surface area (Å²) in [5.74, 6) is -0.784. The highest BCUT2D eigenvalue weighted by atomic mass is 32.2. The second-order valence-corrected chi connectivity index (χ2v) is 9.91. The Hall–Kier alpha value is -1.77. The second kappa shape index (κ2) is 9.43. The Balaban J connectivity index is 3.21. The molecular weight excluding hydrogens is 370 g/mol. The third kappa shape index (κ3) is 7.78. The number of ether oxygens (including phenoxy) is 3. The number of hydrogen-bond acceptors (Lipinski definition) is 7. The number of carbonyl (C=O) groups excluding carboxylic acids is 2. The quantitative estimate of drug-likeness (QED) is 0.579. The molecule has 0 aliphatic rings. The fourth-order valence-corrected chi connectivity index (χ4v) is 2.85. The summed E-state index contributed by atoms with van der Waals surface area (Å²) in [6.45, 7) is 10.4.